The van der Waals surface area contributed by atoms with Crippen molar-refractivity contribution in [2.45, 2.75) is 32.9 Å². The summed E-state index contributed by atoms with van der Waals surface area (Å²) in [5.74, 6) is 0. The third-order valence-corrected chi connectivity index (χ3v) is 1.76. The molecule has 1 aromatic heterocycles. The second kappa shape index (κ2) is 4.87. The molecular formula is C10H17N3O3. The van der Waals surface area contributed by atoms with Crippen molar-refractivity contribution in [2.24, 2.45) is 0 Å². The molecule has 0 unspecified atom stereocenters. The van der Waals surface area contributed by atoms with Gasteiger partial charge in [-0.2, -0.15) is 0 Å². The lowest BCUT2D eigenvalue weighted by molar-refractivity contribution is 0.133. The Labute approximate surface area is 93.6 Å². The smallest absolute Gasteiger partial charge is 0.407 e. The highest BCUT2D eigenvalue weighted by atomic mass is 16.5. The quantitative estimate of drug-likeness (QED) is 0.798. The maximum Gasteiger partial charge on any atom is 0.407 e. The summed E-state index contributed by atoms with van der Waals surface area (Å²) in [6.07, 6.45) is 2.67. The van der Waals surface area contributed by atoms with Crippen molar-refractivity contribution in [3.63, 3.8) is 0 Å². The molecule has 90 valence electrons. The summed E-state index contributed by atoms with van der Waals surface area (Å²) >= 11 is 0. The Morgan fingerprint density at radius 3 is 2.75 bits per heavy atom. The van der Waals surface area contributed by atoms with Gasteiger partial charge in [-0.25, -0.2) is 9.59 Å². The molecule has 0 fully saturated rings. The van der Waals surface area contributed by atoms with E-state index in [4.69, 9.17) is 4.74 Å². The summed E-state index contributed by atoms with van der Waals surface area (Å²) in [5.41, 5.74) is -0.526. The number of rotatable bonds is 3. The van der Waals surface area contributed by atoms with Crippen LogP contribution in [-0.2, 0) is 11.3 Å². The van der Waals surface area contributed by atoms with Crippen LogP contribution in [0.3, 0.4) is 0 Å². The first-order chi connectivity index (χ1) is 7.38. The Bertz CT molecular complexity index is 400. The molecular weight excluding hydrogens is 210 g/mol. The Morgan fingerprint density at radius 1 is 1.56 bits per heavy atom. The summed E-state index contributed by atoms with van der Waals surface area (Å²) in [7, 11) is 0. The van der Waals surface area contributed by atoms with Crippen molar-refractivity contribution < 1.29 is 9.53 Å². The molecule has 0 aromatic carbocycles. The maximum atomic E-state index is 11.2. The Morgan fingerprint density at radius 2 is 2.25 bits per heavy atom. The van der Waals surface area contributed by atoms with E-state index in [0.29, 0.717) is 6.54 Å². The molecule has 0 atom stereocenters. The zero-order chi connectivity index (χ0) is 12.2. The van der Waals surface area contributed by atoms with Crippen molar-refractivity contribution >= 4 is 6.09 Å². The van der Waals surface area contributed by atoms with Gasteiger partial charge in [-0.3, -0.25) is 4.57 Å². The molecule has 16 heavy (non-hydrogen) atoms. The fraction of sp³-hybridized carbons (Fsp3) is 0.600. The number of aromatic amines is 1. The van der Waals surface area contributed by atoms with E-state index >= 15 is 0 Å². The first-order valence-corrected chi connectivity index (χ1v) is 5.07. The lowest BCUT2D eigenvalue weighted by atomic mass is 10.1. The first kappa shape index (κ1) is 12.4. The summed E-state index contributed by atoms with van der Waals surface area (Å²) in [5, 5.41) is 2.66. The minimum absolute atomic E-state index is 0.166. The molecule has 1 aromatic rings. The Hall–Kier alpha value is -1.72. The van der Waals surface area contributed by atoms with Gasteiger partial charge in [0.05, 0.1) is 6.54 Å². The average molecular weight is 227 g/mol. The molecule has 2 N–H and O–H groups in total. The van der Waals surface area contributed by atoms with Crippen LogP contribution in [0.25, 0.3) is 0 Å². The molecule has 6 nitrogen and oxygen atoms in total. The van der Waals surface area contributed by atoms with E-state index in [1.165, 1.54) is 10.8 Å². The third kappa shape index (κ3) is 4.20. The van der Waals surface area contributed by atoms with Gasteiger partial charge in [0.25, 0.3) is 0 Å². The van der Waals surface area contributed by atoms with E-state index in [-0.39, 0.29) is 17.8 Å². The number of amides is 1. The van der Waals surface area contributed by atoms with E-state index < -0.39 is 6.09 Å². The van der Waals surface area contributed by atoms with Crippen LogP contribution >= 0.6 is 0 Å². The Kier molecular flexibility index (Phi) is 3.76. The highest BCUT2D eigenvalue weighted by Gasteiger charge is 2.14. The highest BCUT2D eigenvalue weighted by Crippen LogP contribution is 1.98. The van der Waals surface area contributed by atoms with E-state index in [9.17, 15) is 9.59 Å². The number of carbonyl (C=O) groups is 1. The monoisotopic (exact) mass is 227 g/mol. The third-order valence-electron chi connectivity index (χ3n) is 1.76. The van der Waals surface area contributed by atoms with E-state index in [1.807, 2.05) is 20.8 Å². The van der Waals surface area contributed by atoms with Crippen LogP contribution in [-0.4, -0.2) is 27.8 Å². The molecule has 0 aliphatic rings. The molecule has 0 spiro atoms. The van der Waals surface area contributed by atoms with Gasteiger partial charge in [-0.1, -0.05) is 0 Å². The van der Waals surface area contributed by atoms with Crippen molar-refractivity contribution in [3.8, 4) is 0 Å². The topological polar surface area (TPSA) is 76.1 Å². The normalized spacial score (nSPS) is 11.2. The van der Waals surface area contributed by atoms with Gasteiger partial charge in [0.2, 0.25) is 0 Å². The molecule has 0 saturated carbocycles. The van der Waals surface area contributed by atoms with E-state index in [2.05, 4.69) is 10.3 Å². The minimum Gasteiger partial charge on any atom is -0.448 e. The van der Waals surface area contributed by atoms with E-state index in [0.717, 1.165) is 0 Å². The molecule has 1 rings (SSSR count). The van der Waals surface area contributed by atoms with Crippen LogP contribution in [0.2, 0.25) is 0 Å². The van der Waals surface area contributed by atoms with Gasteiger partial charge < -0.3 is 15.0 Å². The molecule has 1 amide bonds. The van der Waals surface area contributed by atoms with Crippen molar-refractivity contribution in [2.75, 3.05) is 6.61 Å². The van der Waals surface area contributed by atoms with Gasteiger partial charge in [0.15, 0.2) is 0 Å². The van der Waals surface area contributed by atoms with Gasteiger partial charge in [0.1, 0.15) is 6.61 Å². The van der Waals surface area contributed by atoms with Crippen LogP contribution in [0.4, 0.5) is 4.79 Å². The number of ether oxygens (including phenoxy) is 1. The Balaban J connectivity index is 2.29. The second-order valence-corrected chi connectivity index (χ2v) is 4.47. The predicted molar refractivity (Wildman–Crippen MR) is 59.3 cm³/mol. The lowest BCUT2D eigenvalue weighted by Crippen LogP contribution is -2.41. The van der Waals surface area contributed by atoms with Crippen molar-refractivity contribution in [1.82, 2.24) is 14.9 Å². The van der Waals surface area contributed by atoms with E-state index in [1.54, 1.807) is 6.20 Å². The number of hydrogen-bond donors (Lipinski definition) is 2. The standard InChI is InChI=1S/C10H17N3O3/c1-10(2,3)12-9(15)16-7-6-13-5-4-11-8(13)14/h4-5H,6-7H2,1-3H3,(H,11,14)(H,12,15). The predicted octanol–water partition coefficient (Wildman–Crippen LogP) is 0.701. The molecule has 6 heteroatoms. The SMILES string of the molecule is CC(C)(C)NC(=O)OCCn1cc[nH]c1=O. The summed E-state index contributed by atoms with van der Waals surface area (Å²) in [4.78, 5) is 24.8. The van der Waals surface area contributed by atoms with Crippen LogP contribution in [0.1, 0.15) is 20.8 Å². The van der Waals surface area contributed by atoms with Crippen LogP contribution in [0.5, 0.6) is 0 Å². The number of nitrogens with zero attached hydrogens (tertiary/aromatic N) is 1. The molecule has 0 saturated heterocycles. The summed E-state index contributed by atoms with van der Waals surface area (Å²) in [6.45, 7) is 6.11. The zero-order valence-corrected chi connectivity index (χ0v) is 9.74. The van der Waals surface area contributed by atoms with Gasteiger partial charge in [-0.15, -0.1) is 0 Å². The number of alkyl carbamates (subject to hydrolysis) is 1. The maximum absolute atomic E-state index is 11.2. The minimum atomic E-state index is -0.476. The average Bonchev–Trinajstić information content (AvgIpc) is 2.48. The van der Waals surface area contributed by atoms with Gasteiger partial charge in [0, 0.05) is 17.9 Å². The second-order valence-electron chi connectivity index (χ2n) is 4.47. The molecule has 0 aliphatic carbocycles. The summed E-state index contributed by atoms with van der Waals surface area (Å²) < 4.78 is 6.36. The molecule has 0 bridgehead atoms. The molecule has 0 aliphatic heterocycles. The van der Waals surface area contributed by atoms with Crippen molar-refractivity contribution in [1.29, 1.82) is 0 Å². The summed E-state index contributed by atoms with van der Waals surface area (Å²) in [6, 6.07) is 0. The molecule has 1 heterocycles. The van der Waals surface area contributed by atoms with Crippen LogP contribution in [0, 0.1) is 0 Å². The number of H-pyrrole nitrogens is 1. The number of aromatic nitrogens is 2. The first-order valence-electron chi connectivity index (χ1n) is 5.07. The van der Waals surface area contributed by atoms with Crippen LogP contribution < -0.4 is 11.0 Å². The van der Waals surface area contributed by atoms with Crippen LogP contribution in [0.15, 0.2) is 17.2 Å². The van der Waals surface area contributed by atoms with Crippen molar-refractivity contribution in [3.05, 3.63) is 22.9 Å². The largest absolute Gasteiger partial charge is 0.448 e. The number of nitrogens with one attached hydrogen (secondary N) is 2. The number of carbonyl (C=O) groups excluding carboxylic acids is 1. The highest BCUT2D eigenvalue weighted by molar-refractivity contribution is 5.67. The fourth-order valence-electron chi connectivity index (χ4n) is 1.10. The number of hydrogen-bond acceptors (Lipinski definition) is 3. The zero-order valence-electron chi connectivity index (χ0n) is 9.74. The van der Waals surface area contributed by atoms with Gasteiger partial charge >= 0.3 is 11.8 Å². The number of imidazole rings is 1. The lowest BCUT2D eigenvalue weighted by Gasteiger charge is -2.19. The fourth-order valence-corrected chi connectivity index (χ4v) is 1.10. The molecule has 0 radical (unpaired) electrons. The van der Waals surface area contributed by atoms with Gasteiger partial charge in [-0.05, 0) is 20.8 Å².